The average Bonchev–Trinajstić information content (AvgIpc) is 2.90. The maximum atomic E-state index is 11.3. The Hall–Kier alpha value is -2.08. The minimum absolute atomic E-state index is 0.180. The van der Waals surface area contributed by atoms with E-state index in [-0.39, 0.29) is 17.0 Å². The molecular weight excluding hydrogens is 304 g/mol. The minimum Gasteiger partial charge on any atom is -0.374 e. The lowest BCUT2D eigenvalue weighted by molar-refractivity contribution is 0.100. The van der Waals surface area contributed by atoms with Crippen LogP contribution in [0.25, 0.3) is 0 Å². The number of rotatable bonds is 4. The van der Waals surface area contributed by atoms with Gasteiger partial charge in [-0.3, -0.25) is 4.79 Å². The molecule has 0 radical (unpaired) electrons. The molecule has 0 aliphatic carbocycles. The molecule has 1 heterocycles. The molecule has 0 bridgehead atoms. The summed E-state index contributed by atoms with van der Waals surface area (Å²) in [7, 11) is 0. The molecule has 0 saturated heterocycles. The Morgan fingerprint density at radius 1 is 1.41 bits per heavy atom. The first kappa shape index (κ1) is 16.3. The van der Waals surface area contributed by atoms with Crippen molar-refractivity contribution < 1.29 is 9.32 Å². The number of anilines is 1. The highest BCUT2D eigenvalue weighted by Gasteiger charge is 2.23. The predicted octanol–water partition coefficient (Wildman–Crippen LogP) is 3.29. The van der Waals surface area contributed by atoms with Crippen molar-refractivity contribution in [2.24, 2.45) is 5.73 Å². The van der Waals surface area contributed by atoms with Crippen LogP contribution in [0.2, 0.25) is 5.02 Å². The molecule has 0 spiro atoms. The number of benzene rings is 1. The Balaban J connectivity index is 2.18. The normalized spacial score (nSPS) is 13.0. The zero-order valence-electron chi connectivity index (χ0n) is 13.0. The smallest absolute Gasteiger partial charge is 0.250 e. The van der Waals surface area contributed by atoms with E-state index in [2.05, 4.69) is 15.5 Å². The van der Waals surface area contributed by atoms with E-state index >= 15 is 0 Å². The van der Waals surface area contributed by atoms with E-state index in [1.54, 1.807) is 18.2 Å². The monoisotopic (exact) mass is 322 g/mol. The molecule has 1 amide bonds. The molecular formula is C15H19ClN4O2. The van der Waals surface area contributed by atoms with Crippen molar-refractivity contribution >= 4 is 23.2 Å². The van der Waals surface area contributed by atoms with Gasteiger partial charge in [0.15, 0.2) is 5.82 Å². The largest absolute Gasteiger partial charge is 0.374 e. The molecule has 118 valence electrons. The molecule has 2 rings (SSSR count). The Kier molecular flexibility index (Phi) is 4.42. The molecule has 0 fully saturated rings. The lowest BCUT2D eigenvalue weighted by Crippen LogP contribution is -2.14. The second kappa shape index (κ2) is 5.96. The van der Waals surface area contributed by atoms with Crippen LogP contribution in [0.4, 0.5) is 5.69 Å². The Labute approximate surface area is 134 Å². The van der Waals surface area contributed by atoms with Gasteiger partial charge >= 0.3 is 0 Å². The van der Waals surface area contributed by atoms with Crippen molar-refractivity contribution in [1.29, 1.82) is 0 Å². The van der Waals surface area contributed by atoms with Gasteiger partial charge in [-0.2, -0.15) is 4.98 Å². The molecule has 2 aromatic rings. The number of nitrogens with one attached hydrogen (secondary N) is 1. The predicted molar refractivity (Wildman–Crippen MR) is 85.0 cm³/mol. The Bertz CT molecular complexity index is 691. The van der Waals surface area contributed by atoms with E-state index in [1.165, 1.54) is 0 Å². The third-order valence-corrected chi connectivity index (χ3v) is 3.43. The fourth-order valence-corrected chi connectivity index (χ4v) is 2.04. The number of aromatic nitrogens is 2. The number of hydrogen-bond acceptors (Lipinski definition) is 5. The summed E-state index contributed by atoms with van der Waals surface area (Å²) in [4.78, 5) is 15.7. The van der Waals surface area contributed by atoms with Gasteiger partial charge in [0, 0.05) is 11.1 Å². The van der Waals surface area contributed by atoms with Crippen molar-refractivity contribution in [3.8, 4) is 0 Å². The molecule has 1 aromatic carbocycles. The van der Waals surface area contributed by atoms with Gasteiger partial charge < -0.3 is 15.6 Å². The van der Waals surface area contributed by atoms with Crippen LogP contribution in [0.15, 0.2) is 22.7 Å². The number of nitrogens with two attached hydrogens (primary N) is 1. The van der Waals surface area contributed by atoms with Crippen molar-refractivity contribution in [2.75, 3.05) is 5.32 Å². The maximum Gasteiger partial charge on any atom is 0.250 e. The first-order valence-corrected chi connectivity index (χ1v) is 7.26. The Morgan fingerprint density at radius 2 is 2.09 bits per heavy atom. The van der Waals surface area contributed by atoms with E-state index in [9.17, 15) is 4.79 Å². The first-order chi connectivity index (χ1) is 10.2. The number of primary amides is 1. The quantitative estimate of drug-likeness (QED) is 0.900. The molecule has 1 aromatic heterocycles. The van der Waals surface area contributed by atoms with Gasteiger partial charge in [-0.15, -0.1) is 0 Å². The van der Waals surface area contributed by atoms with Crippen LogP contribution in [0.3, 0.4) is 0 Å². The number of nitrogens with zero attached hydrogens (tertiary/aromatic N) is 2. The zero-order valence-corrected chi connectivity index (χ0v) is 13.7. The number of hydrogen-bond donors (Lipinski definition) is 2. The summed E-state index contributed by atoms with van der Waals surface area (Å²) >= 11 is 5.93. The summed E-state index contributed by atoms with van der Waals surface area (Å²) in [6, 6.07) is 4.75. The molecule has 6 nitrogen and oxygen atoms in total. The van der Waals surface area contributed by atoms with Crippen molar-refractivity contribution in [2.45, 2.75) is 39.2 Å². The van der Waals surface area contributed by atoms with Crippen LogP contribution in [-0.4, -0.2) is 16.0 Å². The molecule has 0 saturated carbocycles. The number of carbonyl (C=O) groups excluding carboxylic acids is 1. The fourth-order valence-electron chi connectivity index (χ4n) is 1.83. The highest BCUT2D eigenvalue weighted by Crippen LogP contribution is 2.25. The molecule has 7 heteroatoms. The van der Waals surface area contributed by atoms with Crippen molar-refractivity contribution in [3.05, 3.63) is 40.5 Å². The highest BCUT2D eigenvalue weighted by molar-refractivity contribution is 6.33. The van der Waals surface area contributed by atoms with Gasteiger partial charge in [0.25, 0.3) is 0 Å². The summed E-state index contributed by atoms with van der Waals surface area (Å²) in [6.45, 7) is 7.92. The standard InChI is InChI=1S/C15H19ClN4O2/c1-8(13-19-14(20-22-13)15(2,3)4)18-9-5-6-11(16)10(7-9)12(17)21/h5-8,18H,1-4H3,(H2,17,21)/t8-/m1/s1. The fraction of sp³-hybridized carbons (Fsp3) is 0.400. The van der Waals surface area contributed by atoms with Gasteiger partial charge in [-0.05, 0) is 25.1 Å². The van der Waals surface area contributed by atoms with E-state index < -0.39 is 5.91 Å². The summed E-state index contributed by atoms with van der Waals surface area (Å²) < 4.78 is 5.29. The van der Waals surface area contributed by atoms with E-state index in [4.69, 9.17) is 21.9 Å². The maximum absolute atomic E-state index is 11.3. The second-order valence-electron chi connectivity index (χ2n) is 6.13. The number of halogens is 1. The van der Waals surface area contributed by atoms with E-state index in [0.29, 0.717) is 22.4 Å². The number of carbonyl (C=O) groups is 1. The third-order valence-electron chi connectivity index (χ3n) is 3.10. The summed E-state index contributed by atoms with van der Waals surface area (Å²) in [5.74, 6) is 0.541. The van der Waals surface area contributed by atoms with E-state index in [0.717, 1.165) is 0 Å². The van der Waals surface area contributed by atoms with Crippen molar-refractivity contribution in [1.82, 2.24) is 10.1 Å². The topological polar surface area (TPSA) is 94.0 Å². The lowest BCUT2D eigenvalue weighted by Gasteiger charge is -2.13. The molecule has 0 aliphatic heterocycles. The Morgan fingerprint density at radius 3 is 2.64 bits per heavy atom. The van der Waals surface area contributed by atoms with Crippen molar-refractivity contribution in [3.63, 3.8) is 0 Å². The van der Waals surface area contributed by atoms with Gasteiger partial charge in [0.05, 0.1) is 10.6 Å². The summed E-state index contributed by atoms with van der Waals surface area (Å²) in [6.07, 6.45) is 0. The molecule has 22 heavy (non-hydrogen) atoms. The van der Waals surface area contributed by atoms with Crippen LogP contribution in [0.1, 0.15) is 55.8 Å². The summed E-state index contributed by atoms with van der Waals surface area (Å²) in [5.41, 5.74) is 6.06. The molecule has 0 unspecified atom stereocenters. The van der Waals surface area contributed by atoms with Gasteiger partial charge in [-0.25, -0.2) is 0 Å². The van der Waals surface area contributed by atoms with Crippen LogP contribution in [0, 0.1) is 0 Å². The highest BCUT2D eigenvalue weighted by atomic mass is 35.5. The molecule has 0 aliphatic rings. The van der Waals surface area contributed by atoms with E-state index in [1.807, 2.05) is 27.7 Å². The third kappa shape index (κ3) is 3.57. The molecule has 3 N–H and O–H groups in total. The zero-order chi connectivity index (χ0) is 16.5. The van der Waals surface area contributed by atoms with Crippen LogP contribution in [0.5, 0.6) is 0 Å². The number of amides is 1. The lowest BCUT2D eigenvalue weighted by atomic mass is 9.96. The SMILES string of the molecule is C[C@@H](Nc1ccc(Cl)c(C(N)=O)c1)c1nc(C(C)(C)C)no1. The summed E-state index contributed by atoms with van der Waals surface area (Å²) in [5, 5.41) is 7.49. The van der Waals surface area contributed by atoms with Gasteiger partial charge in [0.2, 0.25) is 11.8 Å². The van der Waals surface area contributed by atoms with Crippen LogP contribution in [-0.2, 0) is 5.41 Å². The van der Waals surface area contributed by atoms with Crippen LogP contribution >= 0.6 is 11.6 Å². The minimum atomic E-state index is -0.575. The second-order valence-corrected chi connectivity index (χ2v) is 6.54. The first-order valence-electron chi connectivity index (χ1n) is 6.88. The van der Waals surface area contributed by atoms with Gasteiger partial charge in [0.1, 0.15) is 6.04 Å². The van der Waals surface area contributed by atoms with Gasteiger partial charge in [-0.1, -0.05) is 37.5 Å². The molecule has 1 atom stereocenters. The van der Waals surface area contributed by atoms with Crippen LogP contribution < -0.4 is 11.1 Å². The average molecular weight is 323 g/mol.